The first-order valence-electron chi connectivity index (χ1n) is 8.44. The first-order valence-corrected chi connectivity index (χ1v) is 8.44. The number of para-hydroxylation sites is 1. The third-order valence-corrected chi connectivity index (χ3v) is 4.97. The molecule has 1 aromatic rings. The molecule has 1 saturated heterocycles. The molecule has 2 aliphatic rings. The summed E-state index contributed by atoms with van der Waals surface area (Å²) in [5.74, 6) is -0.965. The Kier molecular flexibility index (Phi) is 4.76. The number of likely N-dealkylation sites (N-methyl/N-ethyl adjacent to an activating group) is 1. The first-order chi connectivity index (χ1) is 12.0. The molecule has 2 fully saturated rings. The van der Waals surface area contributed by atoms with E-state index in [1.807, 2.05) is 7.05 Å². The number of nitrogens with zero attached hydrogens (tertiary/aromatic N) is 2. The third-order valence-electron chi connectivity index (χ3n) is 4.97. The van der Waals surface area contributed by atoms with Gasteiger partial charge >= 0.3 is 5.97 Å². The van der Waals surface area contributed by atoms with Gasteiger partial charge in [0.05, 0.1) is 18.4 Å². The summed E-state index contributed by atoms with van der Waals surface area (Å²) in [6, 6.07) is 6.65. The Morgan fingerprint density at radius 1 is 1.08 bits per heavy atom. The minimum Gasteiger partial charge on any atom is -0.465 e. The van der Waals surface area contributed by atoms with E-state index in [9.17, 15) is 14.4 Å². The van der Waals surface area contributed by atoms with Crippen LogP contribution >= 0.6 is 0 Å². The highest BCUT2D eigenvalue weighted by Crippen LogP contribution is 2.48. The van der Waals surface area contributed by atoms with Crippen molar-refractivity contribution >= 4 is 23.5 Å². The van der Waals surface area contributed by atoms with Gasteiger partial charge in [-0.25, -0.2) is 4.79 Å². The standard InChI is InChI=1S/C18H23N3O4/c1-20-9-11-21(12-10-20)17(24)18(7-8-18)16(23)19-14-6-4-3-5-13(14)15(22)25-2/h3-6H,7-12H2,1-2H3,(H,19,23). The lowest BCUT2D eigenvalue weighted by Gasteiger charge is -2.34. The van der Waals surface area contributed by atoms with Gasteiger partial charge in [-0.2, -0.15) is 0 Å². The SMILES string of the molecule is COC(=O)c1ccccc1NC(=O)C1(C(=O)N2CCN(C)CC2)CC1. The van der Waals surface area contributed by atoms with Gasteiger partial charge in [-0.1, -0.05) is 12.1 Å². The Bertz CT molecular complexity index is 691. The number of benzene rings is 1. The van der Waals surface area contributed by atoms with Crippen LogP contribution in [0.25, 0.3) is 0 Å². The lowest BCUT2D eigenvalue weighted by molar-refractivity contribution is -0.143. The number of hydrogen-bond donors (Lipinski definition) is 1. The number of rotatable bonds is 4. The second-order valence-corrected chi connectivity index (χ2v) is 6.67. The zero-order chi connectivity index (χ0) is 18.0. The van der Waals surface area contributed by atoms with Crippen LogP contribution in [0.2, 0.25) is 0 Å². The van der Waals surface area contributed by atoms with Gasteiger partial charge in [-0.3, -0.25) is 9.59 Å². The quantitative estimate of drug-likeness (QED) is 0.650. The summed E-state index contributed by atoms with van der Waals surface area (Å²) in [5.41, 5.74) is -0.336. The van der Waals surface area contributed by atoms with Gasteiger partial charge in [0.1, 0.15) is 5.41 Å². The van der Waals surface area contributed by atoms with Gasteiger partial charge in [-0.15, -0.1) is 0 Å². The fraction of sp³-hybridized carbons (Fsp3) is 0.500. The van der Waals surface area contributed by atoms with Crippen LogP contribution in [-0.2, 0) is 14.3 Å². The third kappa shape index (κ3) is 3.37. The molecule has 0 aromatic heterocycles. The number of ether oxygens (including phenoxy) is 1. The van der Waals surface area contributed by atoms with Crippen LogP contribution in [0.3, 0.4) is 0 Å². The molecule has 1 heterocycles. The van der Waals surface area contributed by atoms with Gasteiger partial charge in [0.25, 0.3) is 0 Å². The van der Waals surface area contributed by atoms with E-state index in [0.717, 1.165) is 13.1 Å². The summed E-state index contributed by atoms with van der Waals surface area (Å²) >= 11 is 0. The molecule has 1 N–H and O–H groups in total. The lowest BCUT2D eigenvalue weighted by Crippen LogP contribution is -2.51. The Morgan fingerprint density at radius 2 is 1.72 bits per heavy atom. The number of anilines is 1. The van der Waals surface area contributed by atoms with Crippen molar-refractivity contribution in [3.8, 4) is 0 Å². The number of carbonyl (C=O) groups excluding carboxylic acids is 3. The topological polar surface area (TPSA) is 78.9 Å². The van der Waals surface area contributed by atoms with Crippen molar-refractivity contribution in [2.24, 2.45) is 5.41 Å². The maximum Gasteiger partial charge on any atom is 0.339 e. The molecule has 0 radical (unpaired) electrons. The zero-order valence-corrected chi connectivity index (χ0v) is 14.6. The Hall–Kier alpha value is -2.41. The Balaban J connectivity index is 1.73. The molecule has 1 saturated carbocycles. The highest BCUT2D eigenvalue weighted by Gasteiger charge is 2.58. The second kappa shape index (κ2) is 6.84. The number of amides is 2. The van der Waals surface area contributed by atoms with E-state index in [1.54, 1.807) is 29.2 Å². The smallest absolute Gasteiger partial charge is 0.339 e. The van der Waals surface area contributed by atoms with Crippen LogP contribution in [0.1, 0.15) is 23.2 Å². The summed E-state index contributed by atoms with van der Waals surface area (Å²) in [7, 11) is 3.31. The van der Waals surface area contributed by atoms with Crippen molar-refractivity contribution in [1.29, 1.82) is 0 Å². The van der Waals surface area contributed by atoms with Crippen LogP contribution in [-0.4, -0.2) is 67.9 Å². The van der Waals surface area contributed by atoms with Crippen molar-refractivity contribution in [2.75, 3.05) is 45.7 Å². The maximum absolute atomic E-state index is 12.9. The van der Waals surface area contributed by atoms with Crippen LogP contribution in [0, 0.1) is 5.41 Å². The van der Waals surface area contributed by atoms with E-state index in [0.29, 0.717) is 31.6 Å². The summed E-state index contributed by atoms with van der Waals surface area (Å²) in [5, 5.41) is 2.76. The van der Waals surface area contributed by atoms with Crippen molar-refractivity contribution in [2.45, 2.75) is 12.8 Å². The minimum absolute atomic E-state index is 0.103. The average Bonchev–Trinajstić information content (AvgIpc) is 3.43. The predicted molar refractivity (Wildman–Crippen MR) is 92.2 cm³/mol. The number of carbonyl (C=O) groups is 3. The molecule has 1 aliphatic heterocycles. The molecule has 1 aliphatic carbocycles. The summed E-state index contributed by atoms with van der Waals surface area (Å²) in [6.07, 6.45) is 1.09. The van der Waals surface area contributed by atoms with Crippen molar-refractivity contribution in [3.63, 3.8) is 0 Å². The fourth-order valence-electron chi connectivity index (χ4n) is 3.10. The Labute approximate surface area is 146 Å². The van der Waals surface area contributed by atoms with Gasteiger partial charge in [0.15, 0.2) is 0 Å². The fourth-order valence-corrected chi connectivity index (χ4v) is 3.10. The van der Waals surface area contributed by atoms with Crippen LogP contribution in [0.4, 0.5) is 5.69 Å². The van der Waals surface area contributed by atoms with E-state index in [2.05, 4.69) is 10.2 Å². The van der Waals surface area contributed by atoms with E-state index >= 15 is 0 Å². The molecule has 0 atom stereocenters. The van der Waals surface area contributed by atoms with E-state index in [-0.39, 0.29) is 17.4 Å². The molecule has 134 valence electrons. The molecule has 3 rings (SSSR count). The van der Waals surface area contributed by atoms with Crippen LogP contribution < -0.4 is 5.32 Å². The van der Waals surface area contributed by atoms with Gasteiger partial charge < -0.3 is 19.9 Å². The molecule has 0 bridgehead atoms. The maximum atomic E-state index is 12.9. The van der Waals surface area contributed by atoms with Crippen LogP contribution in [0.5, 0.6) is 0 Å². The van der Waals surface area contributed by atoms with Crippen molar-refractivity contribution in [1.82, 2.24) is 9.80 Å². The Morgan fingerprint density at radius 3 is 2.32 bits per heavy atom. The van der Waals surface area contributed by atoms with Gasteiger partial charge in [0.2, 0.25) is 11.8 Å². The molecule has 2 amide bonds. The zero-order valence-electron chi connectivity index (χ0n) is 14.6. The lowest BCUT2D eigenvalue weighted by atomic mass is 10.0. The average molecular weight is 345 g/mol. The highest BCUT2D eigenvalue weighted by molar-refractivity contribution is 6.14. The van der Waals surface area contributed by atoms with E-state index in [4.69, 9.17) is 4.74 Å². The summed E-state index contributed by atoms with van der Waals surface area (Å²) < 4.78 is 4.74. The van der Waals surface area contributed by atoms with Gasteiger partial charge in [-0.05, 0) is 32.0 Å². The molecule has 1 aromatic carbocycles. The summed E-state index contributed by atoms with van der Waals surface area (Å²) in [6.45, 7) is 2.91. The molecule has 0 spiro atoms. The van der Waals surface area contributed by atoms with Crippen molar-refractivity contribution < 1.29 is 19.1 Å². The molecule has 7 heteroatoms. The monoisotopic (exact) mass is 345 g/mol. The number of nitrogens with one attached hydrogen (secondary N) is 1. The molecular formula is C18H23N3O4. The molecule has 7 nitrogen and oxygen atoms in total. The first kappa shape index (κ1) is 17.4. The van der Waals surface area contributed by atoms with E-state index in [1.165, 1.54) is 7.11 Å². The number of methoxy groups -OCH3 is 1. The van der Waals surface area contributed by atoms with E-state index < -0.39 is 11.4 Å². The molecular weight excluding hydrogens is 322 g/mol. The number of esters is 1. The van der Waals surface area contributed by atoms with Crippen LogP contribution in [0.15, 0.2) is 24.3 Å². The largest absolute Gasteiger partial charge is 0.465 e. The molecule has 0 unspecified atom stereocenters. The highest BCUT2D eigenvalue weighted by atomic mass is 16.5. The normalized spacial score (nSPS) is 19.2. The van der Waals surface area contributed by atoms with Gasteiger partial charge in [0, 0.05) is 26.2 Å². The number of hydrogen-bond acceptors (Lipinski definition) is 5. The number of piperazine rings is 1. The predicted octanol–water partition coefficient (Wildman–Crippen LogP) is 0.966. The second-order valence-electron chi connectivity index (χ2n) is 6.67. The molecule has 25 heavy (non-hydrogen) atoms. The van der Waals surface area contributed by atoms with Crippen molar-refractivity contribution in [3.05, 3.63) is 29.8 Å². The minimum atomic E-state index is -0.987. The summed E-state index contributed by atoms with van der Waals surface area (Å²) in [4.78, 5) is 41.4.